The highest BCUT2D eigenvalue weighted by atomic mass is 16.6. The van der Waals surface area contributed by atoms with Crippen LogP contribution >= 0.6 is 0 Å². The quantitative estimate of drug-likeness (QED) is 0.616. The average Bonchev–Trinajstić information content (AvgIpc) is 2.67. The molecular formula is C14H16N2O3. The van der Waals surface area contributed by atoms with E-state index in [9.17, 15) is 14.9 Å². The molecule has 5 heteroatoms. The van der Waals surface area contributed by atoms with E-state index in [4.69, 9.17) is 0 Å². The third-order valence-electron chi connectivity index (χ3n) is 3.46. The fraction of sp³-hybridized carbons (Fsp3) is 0.357. The number of carbonyl (C=O) groups excluding carboxylic acids is 1. The lowest BCUT2D eigenvalue weighted by atomic mass is 9.89. The molecular weight excluding hydrogens is 244 g/mol. The van der Waals surface area contributed by atoms with Crippen molar-refractivity contribution in [3.8, 4) is 0 Å². The van der Waals surface area contributed by atoms with Gasteiger partial charge in [0.05, 0.1) is 10.3 Å². The molecule has 0 N–H and O–H groups in total. The van der Waals surface area contributed by atoms with Crippen LogP contribution in [0.5, 0.6) is 0 Å². The summed E-state index contributed by atoms with van der Waals surface area (Å²) in [5, 5.41) is 10.4. The summed E-state index contributed by atoms with van der Waals surface area (Å²) < 4.78 is 0. The Kier molecular flexibility index (Phi) is 3.64. The minimum atomic E-state index is -0.748. The Bertz CT molecular complexity index is 513. The molecule has 1 atom stereocenters. The number of benzene rings is 1. The second-order valence-electron chi connectivity index (χ2n) is 4.98. The van der Waals surface area contributed by atoms with Gasteiger partial charge in [0.1, 0.15) is 0 Å². The molecule has 5 nitrogen and oxygen atoms in total. The van der Waals surface area contributed by atoms with Crippen molar-refractivity contribution in [2.24, 2.45) is 5.41 Å². The Balaban J connectivity index is 2.07. The van der Waals surface area contributed by atoms with E-state index >= 15 is 0 Å². The first-order valence-electron chi connectivity index (χ1n) is 6.17. The molecule has 1 unspecified atom stereocenters. The number of nitro groups is 1. The first-order valence-corrected chi connectivity index (χ1v) is 6.17. The van der Waals surface area contributed by atoms with E-state index in [1.807, 2.05) is 30.3 Å². The monoisotopic (exact) mass is 260 g/mol. The molecule has 100 valence electrons. The second kappa shape index (κ2) is 5.22. The lowest BCUT2D eigenvalue weighted by Gasteiger charge is -2.19. The smallest absolute Gasteiger partial charge is 0.232 e. The fourth-order valence-electron chi connectivity index (χ4n) is 2.27. The largest absolute Gasteiger partial charge is 0.338 e. The summed E-state index contributed by atoms with van der Waals surface area (Å²) in [6.07, 6.45) is 2.88. The zero-order valence-corrected chi connectivity index (χ0v) is 10.8. The molecule has 1 amide bonds. The van der Waals surface area contributed by atoms with Crippen molar-refractivity contribution in [1.82, 2.24) is 4.90 Å². The lowest BCUT2D eigenvalue weighted by molar-refractivity contribution is -0.403. The highest BCUT2D eigenvalue weighted by Crippen LogP contribution is 2.33. The van der Waals surface area contributed by atoms with Crippen molar-refractivity contribution in [2.75, 3.05) is 6.54 Å². The zero-order chi connectivity index (χ0) is 13.9. The maximum Gasteiger partial charge on any atom is 0.232 e. The summed E-state index contributed by atoms with van der Waals surface area (Å²) in [6.45, 7) is 2.94. The van der Waals surface area contributed by atoms with E-state index in [2.05, 4.69) is 0 Å². The Morgan fingerprint density at radius 1 is 1.42 bits per heavy atom. The standard InChI is InChI=1S/C14H16N2O3/c1-14(8-10-16(18)19)7-9-15(13(14)17)11-12-5-3-2-4-6-12/h2-6,8,10H,7,9,11H2,1H3/b10-8+. The van der Waals surface area contributed by atoms with Crippen LogP contribution in [0.3, 0.4) is 0 Å². The van der Waals surface area contributed by atoms with E-state index in [0.717, 1.165) is 11.8 Å². The summed E-state index contributed by atoms with van der Waals surface area (Å²) >= 11 is 0. The first-order chi connectivity index (χ1) is 9.01. The molecule has 1 aliphatic heterocycles. The van der Waals surface area contributed by atoms with Crippen molar-refractivity contribution < 1.29 is 9.72 Å². The van der Waals surface area contributed by atoms with E-state index < -0.39 is 10.3 Å². The minimum absolute atomic E-state index is 0.0468. The van der Waals surface area contributed by atoms with Crippen molar-refractivity contribution in [3.63, 3.8) is 0 Å². The molecule has 1 fully saturated rings. The number of nitrogens with zero attached hydrogens (tertiary/aromatic N) is 2. The van der Waals surface area contributed by atoms with E-state index in [1.165, 1.54) is 6.08 Å². The maximum atomic E-state index is 12.3. The van der Waals surface area contributed by atoms with Gasteiger partial charge in [-0.2, -0.15) is 0 Å². The van der Waals surface area contributed by atoms with Crippen molar-refractivity contribution in [3.05, 3.63) is 58.3 Å². The molecule has 1 saturated heterocycles. The Hall–Kier alpha value is -2.17. The van der Waals surface area contributed by atoms with Crippen molar-refractivity contribution in [1.29, 1.82) is 0 Å². The van der Waals surface area contributed by atoms with Gasteiger partial charge in [0, 0.05) is 19.2 Å². The van der Waals surface area contributed by atoms with Gasteiger partial charge in [0.25, 0.3) is 0 Å². The Labute approximate surface area is 111 Å². The third-order valence-corrected chi connectivity index (χ3v) is 3.46. The van der Waals surface area contributed by atoms with Crippen LogP contribution in [-0.2, 0) is 11.3 Å². The topological polar surface area (TPSA) is 63.5 Å². The van der Waals surface area contributed by atoms with Crippen molar-refractivity contribution in [2.45, 2.75) is 19.9 Å². The predicted octanol–water partition coefficient (Wildman–Crippen LogP) is 2.22. The summed E-state index contributed by atoms with van der Waals surface area (Å²) in [4.78, 5) is 23.9. The molecule has 1 heterocycles. The molecule has 19 heavy (non-hydrogen) atoms. The van der Waals surface area contributed by atoms with Gasteiger partial charge in [-0.1, -0.05) is 30.3 Å². The lowest BCUT2D eigenvalue weighted by Crippen LogP contribution is -2.31. The van der Waals surface area contributed by atoms with Gasteiger partial charge in [0.2, 0.25) is 12.1 Å². The van der Waals surface area contributed by atoms with Gasteiger partial charge in [-0.25, -0.2) is 0 Å². The Morgan fingerprint density at radius 3 is 2.74 bits per heavy atom. The van der Waals surface area contributed by atoms with Crippen LogP contribution in [0.15, 0.2) is 42.6 Å². The highest BCUT2D eigenvalue weighted by molar-refractivity contribution is 5.86. The van der Waals surface area contributed by atoms with Crippen LogP contribution in [0.25, 0.3) is 0 Å². The highest BCUT2D eigenvalue weighted by Gasteiger charge is 2.41. The van der Waals surface area contributed by atoms with Crippen LogP contribution in [-0.4, -0.2) is 22.3 Å². The minimum Gasteiger partial charge on any atom is -0.338 e. The fourth-order valence-corrected chi connectivity index (χ4v) is 2.27. The maximum absolute atomic E-state index is 12.3. The van der Waals surface area contributed by atoms with Gasteiger partial charge in [-0.3, -0.25) is 14.9 Å². The van der Waals surface area contributed by atoms with Gasteiger partial charge >= 0.3 is 0 Å². The summed E-state index contributed by atoms with van der Waals surface area (Å²) in [7, 11) is 0. The molecule has 1 aromatic carbocycles. The third kappa shape index (κ3) is 2.99. The molecule has 0 saturated carbocycles. The summed E-state index contributed by atoms with van der Waals surface area (Å²) in [5.41, 5.74) is 0.320. The SMILES string of the molecule is CC1(/C=C/[N+](=O)[O-])CCN(Cc2ccccc2)C1=O. The zero-order valence-electron chi connectivity index (χ0n) is 10.8. The molecule has 0 bridgehead atoms. The van der Waals surface area contributed by atoms with E-state index in [-0.39, 0.29) is 5.91 Å². The number of hydrogen-bond acceptors (Lipinski definition) is 3. The molecule has 1 aromatic rings. The summed E-state index contributed by atoms with van der Waals surface area (Å²) in [5.74, 6) is -0.0468. The van der Waals surface area contributed by atoms with E-state index in [1.54, 1.807) is 11.8 Å². The normalized spacial score (nSPS) is 23.2. The molecule has 1 aliphatic rings. The number of likely N-dealkylation sites (tertiary alicyclic amines) is 1. The Morgan fingerprint density at radius 2 is 2.11 bits per heavy atom. The molecule has 0 radical (unpaired) electrons. The first kappa shape index (κ1) is 13.3. The number of amides is 1. The van der Waals surface area contributed by atoms with E-state index in [0.29, 0.717) is 19.5 Å². The van der Waals surface area contributed by atoms with Gasteiger partial charge in [0.15, 0.2) is 0 Å². The number of carbonyl (C=O) groups is 1. The van der Waals surface area contributed by atoms with Gasteiger partial charge < -0.3 is 4.90 Å². The molecule has 0 aromatic heterocycles. The predicted molar refractivity (Wildman–Crippen MR) is 70.7 cm³/mol. The van der Waals surface area contributed by atoms with Gasteiger partial charge in [-0.05, 0) is 18.9 Å². The molecule has 2 rings (SSSR count). The molecule has 0 spiro atoms. The van der Waals surface area contributed by atoms with Crippen molar-refractivity contribution >= 4 is 5.91 Å². The van der Waals surface area contributed by atoms with Crippen LogP contribution in [0.4, 0.5) is 0 Å². The second-order valence-corrected chi connectivity index (χ2v) is 4.98. The number of hydrogen-bond donors (Lipinski definition) is 0. The number of rotatable bonds is 4. The van der Waals surface area contributed by atoms with Crippen LogP contribution in [0.1, 0.15) is 18.9 Å². The molecule has 0 aliphatic carbocycles. The van der Waals surface area contributed by atoms with Gasteiger partial charge in [-0.15, -0.1) is 0 Å². The van der Waals surface area contributed by atoms with Crippen LogP contribution in [0.2, 0.25) is 0 Å². The average molecular weight is 260 g/mol. The summed E-state index contributed by atoms with van der Waals surface area (Å²) in [6, 6.07) is 9.73. The van der Waals surface area contributed by atoms with Crippen LogP contribution < -0.4 is 0 Å². The van der Waals surface area contributed by atoms with Crippen LogP contribution in [0, 0.1) is 15.5 Å².